The summed E-state index contributed by atoms with van der Waals surface area (Å²) in [6.45, 7) is 3.71. The normalized spacial score (nSPS) is 13.9. The van der Waals surface area contributed by atoms with Crippen molar-refractivity contribution in [1.29, 1.82) is 0 Å². The van der Waals surface area contributed by atoms with Gasteiger partial charge in [0.1, 0.15) is 16.5 Å². The summed E-state index contributed by atoms with van der Waals surface area (Å²) in [6, 6.07) is 2.05. The van der Waals surface area contributed by atoms with Gasteiger partial charge in [0.15, 0.2) is 0 Å². The fraction of sp³-hybridized carbons (Fsp3) is 0.455. The highest BCUT2D eigenvalue weighted by molar-refractivity contribution is 14.1. The molecule has 0 bridgehead atoms. The number of halogens is 3. The minimum Gasteiger partial charge on any atom is -0.207 e. The molecular formula is C11H14F2INO2S. The lowest BCUT2D eigenvalue weighted by atomic mass is 10.1. The van der Waals surface area contributed by atoms with E-state index in [2.05, 4.69) is 4.72 Å². The molecule has 102 valence electrons. The highest BCUT2D eigenvalue weighted by Crippen LogP contribution is 2.17. The van der Waals surface area contributed by atoms with Gasteiger partial charge in [0.05, 0.1) is 0 Å². The third kappa shape index (κ3) is 3.86. The molecule has 1 atom stereocenters. The highest BCUT2D eigenvalue weighted by atomic mass is 127. The first-order chi connectivity index (χ1) is 8.27. The van der Waals surface area contributed by atoms with Crippen LogP contribution in [0.4, 0.5) is 8.78 Å². The predicted octanol–water partition coefficient (Wildman–Crippen LogP) is 2.70. The zero-order valence-corrected chi connectivity index (χ0v) is 12.9. The molecule has 0 fully saturated rings. The first-order valence-electron chi connectivity index (χ1n) is 5.31. The van der Waals surface area contributed by atoms with Gasteiger partial charge in [-0.05, 0) is 24.1 Å². The van der Waals surface area contributed by atoms with Crippen molar-refractivity contribution >= 4 is 32.6 Å². The Bertz CT molecular complexity index is 520. The molecule has 1 aromatic carbocycles. The van der Waals surface area contributed by atoms with Crippen LogP contribution in [0.25, 0.3) is 0 Å². The van der Waals surface area contributed by atoms with Crippen LogP contribution >= 0.6 is 22.6 Å². The van der Waals surface area contributed by atoms with Crippen LogP contribution in [0, 0.1) is 17.6 Å². The molecule has 0 spiro atoms. The molecule has 0 amide bonds. The van der Waals surface area contributed by atoms with Crippen LogP contribution in [0.1, 0.15) is 13.8 Å². The maximum Gasteiger partial charge on any atom is 0.243 e. The first kappa shape index (κ1) is 15.8. The van der Waals surface area contributed by atoms with Crippen molar-refractivity contribution in [3.63, 3.8) is 0 Å². The second kappa shape index (κ2) is 6.25. The largest absolute Gasteiger partial charge is 0.243 e. The van der Waals surface area contributed by atoms with Gasteiger partial charge in [-0.15, -0.1) is 0 Å². The van der Waals surface area contributed by atoms with E-state index in [-0.39, 0.29) is 12.0 Å². The Labute approximate surface area is 119 Å². The van der Waals surface area contributed by atoms with Crippen LogP contribution in [-0.4, -0.2) is 18.9 Å². The Morgan fingerprint density at radius 3 is 2.44 bits per heavy atom. The Hall–Kier alpha value is -0.280. The quantitative estimate of drug-likeness (QED) is 0.622. The van der Waals surface area contributed by atoms with Crippen LogP contribution < -0.4 is 4.72 Å². The summed E-state index contributed by atoms with van der Waals surface area (Å²) in [5.74, 6) is -1.68. The van der Waals surface area contributed by atoms with E-state index >= 15 is 0 Å². The zero-order valence-electron chi connectivity index (χ0n) is 9.95. The smallest absolute Gasteiger partial charge is 0.207 e. The van der Waals surface area contributed by atoms with Crippen LogP contribution in [0.15, 0.2) is 23.1 Å². The predicted molar refractivity (Wildman–Crippen MR) is 74.2 cm³/mol. The minimum atomic E-state index is -4.04. The lowest BCUT2D eigenvalue weighted by Crippen LogP contribution is -2.40. The van der Waals surface area contributed by atoms with Gasteiger partial charge >= 0.3 is 0 Å². The molecule has 1 aromatic rings. The SMILES string of the molecule is CC(C)C(CI)NS(=O)(=O)c1cc(F)ccc1F. The van der Waals surface area contributed by atoms with Gasteiger partial charge in [-0.25, -0.2) is 21.9 Å². The topological polar surface area (TPSA) is 46.2 Å². The second-order valence-electron chi connectivity index (χ2n) is 4.20. The van der Waals surface area contributed by atoms with E-state index in [1.165, 1.54) is 0 Å². The van der Waals surface area contributed by atoms with Crippen molar-refractivity contribution in [2.75, 3.05) is 4.43 Å². The van der Waals surface area contributed by atoms with Crippen LogP contribution in [-0.2, 0) is 10.0 Å². The molecule has 0 aliphatic rings. The van der Waals surface area contributed by atoms with Crippen molar-refractivity contribution in [1.82, 2.24) is 4.72 Å². The Balaban J connectivity index is 3.10. The number of benzene rings is 1. The molecule has 0 aromatic heterocycles. The van der Waals surface area contributed by atoms with Gasteiger partial charge < -0.3 is 0 Å². The molecule has 0 aliphatic carbocycles. The van der Waals surface area contributed by atoms with E-state index in [1.807, 2.05) is 36.4 Å². The average Bonchev–Trinajstić information content (AvgIpc) is 2.28. The van der Waals surface area contributed by atoms with Gasteiger partial charge in [0, 0.05) is 10.5 Å². The number of nitrogens with one attached hydrogen (secondary N) is 1. The molecule has 1 N–H and O–H groups in total. The van der Waals surface area contributed by atoms with E-state index in [9.17, 15) is 17.2 Å². The van der Waals surface area contributed by atoms with E-state index < -0.39 is 26.6 Å². The molecule has 0 heterocycles. The Morgan fingerprint density at radius 1 is 1.33 bits per heavy atom. The van der Waals surface area contributed by atoms with E-state index in [4.69, 9.17) is 0 Å². The maximum atomic E-state index is 13.4. The fourth-order valence-electron chi connectivity index (χ4n) is 1.29. The Kier molecular flexibility index (Phi) is 5.47. The zero-order chi connectivity index (χ0) is 13.9. The average molecular weight is 389 g/mol. The van der Waals surface area contributed by atoms with E-state index in [0.29, 0.717) is 10.5 Å². The van der Waals surface area contributed by atoms with Gasteiger partial charge in [-0.3, -0.25) is 0 Å². The van der Waals surface area contributed by atoms with Gasteiger partial charge in [-0.1, -0.05) is 36.4 Å². The van der Waals surface area contributed by atoms with Gasteiger partial charge in [-0.2, -0.15) is 0 Å². The number of hydrogen-bond donors (Lipinski definition) is 1. The number of alkyl halides is 1. The first-order valence-corrected chi connectivity index (χ1v) is 8.32. The highest BCUT2D eigenvalue weighted by Gasteiger charge is 2.24. The summed E-state index contributed by atoms with van der Waals surface area (Å²) < 4.78 is 53.3. The fourth-order valence-corrected chi connectivity index (χ4v) is 4.30. The van der Waals surface area contributed by atoms with Crippen LogP contribution in [0.2, 0.25) is 0 Å². The van der Waals surface area contributed by atoms with E-state index in [0.717, 1.165) is 12.1 Å². The second-order valence-corrected chi connectivity index (χ2v) is 6.76. The summed E-state index contributed by atoms with van der Waals surface area (Å²) in [6.07, 6.45) is 0. The lowest BCUT2D eigenvalue weighted by Gasteiger charge is -2.20. The minimum absolute atomic E-state index is 0.0632. The van der Waals surface area contributed by atoms with Crippen LogP contribution in [0.3, 0.4) is 0 Å². The molecule has 7 heteroatoms. The molecule has 18 heavy (non-hydrogen) atoms. The van der Waals surface area contributed by atoms with Crippen molar-refractivity contribution in [3.8, 4) is 0 Å². The number of sulfonamides is 1. The summed E-state index contributed by atoms with van der Waals surface area (Å²) in [5, 5.41) is 0. The lowest BCUT2D eigenvalue weighted by molar-refractivity contribution is 0.481. The molecular weight excluding hydrogens is 375 g/mol. The Morgan fingerprint density at radius 2 is 1.94 bits per heavy atom. The van der Waals surface area contributed by atoms with Gasteiger partial charge in [0.25, 0.3) is 0 Å². The summed E-state index contributed by atoms with van der Waals surface area (Å²) in [7, 11) is -4.04. The molecule has 0 radical (unpaired) electrons. The van der Waals surface area contributed by atoms with Crippen molar-refractivity contribution in [2.45, 2.75) is 24.8 Å². The molecule has 0 saturated carbocycles. The summed E-state index contributed by atoms with van der Waals surface area (Å²) in [4.78, 5) is -0.655. The van der Waals surface area contributed by atoms with E-state index in [1.54, 1.807) is 0 Å². The molecule has 0 saturated heterocycles. The monoisotopic (exact) mass is 389 g/mol. The third-order valence-corrected chi connectivity index (χ3v) is 4.91. The third-order valence-electron chi connectivity index (χ3n) is 2.46. The number of hydrogen-bond acceptors (Lipinski definition) is 2. The maximum absolute atomic E-state index is 13.4. The van der Waals surface area contributed by atoms with Crippen molar-refractivity contribution in [2.24, 2.45) is 5.92 Å². The van der Waals surface area contributed by atoms with Gasteiger partial charge in [0.2, 0.25) is 10.0 Å². The summed E-state index contributed by atoms with van der Waals surface area (Å²) >= 11 is 2.04. The molecule has 0 aliphatic heterocycles. The molecule has 3 nitrogen and oxygen atoms in total. The molecule has 1 unspecified atom stereocenters. The van der Waals surface area contributed by atoms with Crippen molar-refractivity contribution in [3.05, 3.63) is 29.8 Å². The van der Waals surface area contributed by atoms with Crippen molar-refractivity contribution < 1.29 is 17.2 Å². The standard InChI is InChI=1S/C11H14F2INO2S/c1-7(2)10(6-14)15-18(16,17)11-5-8(12)3-4-9(11)13/h3-5,7,10,15H,6H2,1-2H3. The summed E-state index contributed by atoms with van der Waals surface area (Å²) in [5.41, 5.74) is 0. The molecule has 1 rings (SSSR count). The number of rotatable bonds is 5. The van der Waals surface area contributed by atoms with Crippen LogP contribution in [0.5, 0.6) is 0 Å².